The molecule has 126 valence electrons. The van der Waals surface area contributed by atoms with Crippen molar-refractivity contribution in [3.63, 3.8) is 0 Å². The van der Waals surface area contributed by atoms with Gasteiger partial charge < -0.3 is 15.4 Å². The second-order valence-corrected chi connectivity index (χ2v) is 6.65. The van der Waals surface area contributed by atoms with Gasteiger partial charge >= 0.3 is 0 Å². The van der Waals surface area contributed by atoms with E-state index in [0.717, 1.165) is 12.8 Å². The number of para-hydroxylation sites is 1. The van der Waals surface area contributed by atoms with E-state index in [1.165, 1.54) is 0 Å². The third-order valence-electron chi connectivity index (χ3n) is 4.06. The van der Waals surface area contributed by atoms with Gasteiger partial charge in [-0.25, -0.2) is 0 Å². The molecule has 1 fully saturated rings. The molecule has 4 nitrogen and oxygen atoms in total. The molecule has 1 aliphatic heterocycles. The number of likely N-dealkylation sites (tertiary alicyclic amines) is 1. The zero-order chi connectivity index (χ0) is 17.1. The number of nitrogens with two attached hydrogens (primary N) is 1. The third-order valence-corrected chi connectivity index (χ3v) is 4.59. The Morgan fingerprint density at radius 2 is 1.79 bits per heavy atom. The Balaban J connectivity index is 1.83. The highest BCUT2D eigenvalue weighted by Crippen LogP contribution is 2.33. The summed E-state index contributed by atoms with van der Waals surface area (Å²) in [6.45, 7) is 1.33. The average molecular weight is 365 g/mol. The van der Waals surface area contributed by atoms with Crippen LogP contribution in [-0.2, 0) is 0 Å². The van der Waals surface area contributed by atoms with Crippen LogP contribution in [0.4, 0.5) is 0 Å². The van der Waals surface area contributed by atoms with Gasteiger partial charge in [-0.2, -0.15) is 0 Å². The van der Waals surface area contributed by atoms with Crippen LogP contribution >= 0.6 is 23.2 Å². The molecule has 6 heteroatoms. The predicted octanol–water partition coefficient (Wildman–Crippen LogP) is 4.35. The maximum absolute atomic E-state index is 12.8. The van der Waals surface area contributed by atoms with Crippen LogP contribution < -0.4 is 10.5 Å². The van der Waals surface area contributed by atoms with Crippen molar-refractivity contribution in [1.82, 2.24) is 4.90 Å². The molecule has 1 amide bonds. The zero-order valence-electron chi connectivity index (χ0n) is 13.0. The number of hydrogen-bond donors (Lipinski definition) is 1. The fraction of sp³-hybridized carbons (Fsp3) is 0.278. The second-order valence-electron chi connectivity index (χ2n) is 5.80. The quantitative estimate of drug-likeness (QED) is 0.880. The number of piperidine rings is 1. The summed E-state index contributed by atoms with van der Waals surface area (Å²) in [5.41, 5.74) is 6.42. The van der Waals surface area contributed by atoms with Crippen molar-refractivity contribution in [1.29, 1.82) is 0 Å². The number of carbonyl (C=O) groups is 1. The van der Waals surface area contributed by atoms with Crippen LogP contribution in [0.3, 0.4) is 0 Å². The molecular weight excluding hydrogens is 347 g/mol. The Labute approximate surface area is 151 Å². The van der Waals surface area contributed by atoms with Gasteiger partial charge in [0, 0.05) is 24.2 Å². The van der Waals surface area contributed by atoms with Gasteiger partial charge in [0.05, 0.1) is 10.6 Å². The summed E-state index contributed by atoms with van der Waals surface area (Å²) >= 11 is 12.1. The summed E-state index contributed by atoms with van der Waals surface area (Å²) in [7, 11) is 0. The summed E-state index contributed by atoms with van der Waals surface area (Å²) in [5, 5.41) is 0.926. The van der Waals surface area contributed by atoms with Crippen molar-refractivity contribution in [2.75, 3.05) is 13.1 Å². The smallest absolute Gasteiger partial charge is 0.257 e. The lowest BCUT2D eigenvalue weighted by Crippen LogP contribution is -2.42. The monoisotopic (exact) mass is 364 g/mol. The Kier molecular flexibility index (Phi) is 5.29. The van der Waals surface area contributed by atoms with E-state index in [0.29, 0.717) is 40.2 Å². The van der Waals surface area contributed by atoms with E-state index in [1.807, 2.05) is 17.0 Å². The number of halogens is 2. The molecule has 0 atom stereocenters. The van der Waals surface area contributed by atoms with E-state index in [-0.39, 0.29) is 11.9 Å². The lowest BCUT2D eigenvalue weighted by molar-refractivity contribution is 0.0712. The minimum atomic E-state index is -0.0532. The molecule has 1 aliphatic rings. The number of carbonyl (C=O) groups excluding carboxylic acids is 1. The summed E-state index contributed by atoms with van der Waals surface area (Å²) in [6, 6.07) is 12.3. The molecule has 2 aromatic rings. The number of amides is 1. The minimum Gasteiger partial charge on any atom is -0.455 e. The van der Waals surface area contributed by atoms with E-state index >= 15 is 0 Å². The molecule has 0 unspecified atom stereocenters. The van der Waals surface area contributed by atoms with E-state index in [4.69, 9.17) is 33.7 Å². The molecule has 0 saturated carbocycles. The highest BCUT2D eigenvalue weighted by Gasteiger charge is 2.24. The third kappa shape index (κ3) is 3.83. The number of benzene rings is 2. The molecule has 0 spiro atoms. The Morgan fingerprint density at radius 1 is 1.08 bits per heavy atom. The molecular formula is C18H18Cl2N2O2. The SMILES string of the molecule is NC1CCN(C(=O)c2ccccc2Oc2ccc(Cl)cc2Cl)CC1. The summed E-state index contributed by atoms with van der Waals surface area (Å²) in [4.78, 5) is 14.6. The maximum Gasteiger partial charge on any atom is 0.257 e. The molecule has 0 radical (unpaired) electrons. The van der Waals surface area contributed by atoms with Crippen molar-refractivity contribution in [3.8, 4) is 11.5 Å². The van der Waals surface area contributed by atoms with Crippen molar-refractivity contribution < 1.29 is 9.53 Å². The van der Waals surface area contributed by atoms with Crippen molar-refractivity contribution >= 4 is 29.1 Å². The molecule has 0 aliphatic carbocycles. The van der Waals surface area contributed by atoms with E-state index in [9.17, 15) is 4.79 Å². The first-order valence-electron chi connectivity index (χ1n) is 7.81. The van der Waals surface area contributed by atoms with Crippen molar-refractivity contribution in [2.24, 2.45) is 5.73 Å². The van der Waals surface area contributed by atoms with Crippen LogP contribution in [-0.4, -0.2) is 29.9 Å². The van der Waals surface area contributed by atoms with Gasteiger partial charge in [0.15, 0.2) is 0 Å². The first kappa shape index (κ1) is 17.1. The van der Waals surface area contributed by atoms with Crippen LogP contribution in [0.5, 0.6) is 11.5 Å². The number of hydrogen-bond acceptors (Lipinski definition) is 3. The van der Waals surface area contributed by atoms with Crippen LogP contribution in [0.2, 0.25) is 10.0 Å². The fourth-order valence-electron chi connectivity index (χ4n) is 2.68. The van der Waals surface area contributed by atoms with Gasteiger partial charge in [0.2, 0.25) is 0 Å². The Bertz CT molecular complexity index is 744. The van der Waals surface area contributed by atoms with Crippen LogP contribution in [0, 0.1) is 0 Å². The molecule has 1 heterocycles. The molecule has 2 aromatic carbocycles. The maximum atomic E-state index is 12.8. The molecule has 24 heavy (non-hydrogen) atoms. The second kappa shape index (κ2) is 7.43. The average Bonchev–Trinajstić information content (AvgIpc) is 2.58. The van der Waals surface area contributed by atoms with Crippen LogP contribution in [0.25, 0.3) is 0 Å². The standard InChI is InChI=1S/C18H18Cl2N2O2/c19-12-5-6-17(15(20)11-12)24-16-4-2-1-3-14(16)18(23)22-9-7-13(21)8-10-22/h1-6,11,13H,7-10,21H2. The van der Waals surface area contributed by atoms with Crippen molar-refractivity contribution in [2.45, 2.75) is 18.9 Å². The van der Waals surface area contributed by atoms with Gasteiger partial charge in [-0.1, -0.05) is 35.3 Å². The lowest BCUT2D eigenvalue weighted by Gasteiger charge is -2.30. The largest absolute Gasteiger partial charge is 0.455 e. The summed E-state index contributed by atoms with van der Waals surface area (Å²) in [6.07, 6.45) is 1.63. The number of rotatable bonds is 3. The van der Waals surface area contributed by atoms with Gasteiger partial charge in [0.25, 0.3) is 5.91 Å². The van der Waals surface area contributed by atoms with E-state index in [1.54, 1.807) is 30.3 Å². The zero-order valence-corrected chi connectivity index (χ0v) is 14.6. The minimum absolute atomic E-state index is 0.0532. The van der Waals surface area contributed by atoms with Gasteiger partial charge in [-0.3, -0.25) is 4.79 Å². The fourth-order valence-corrected chi connectivity index (χ4v) is 3.13. The van der Waals surface area contributed by atoms with Gasteiger partial charge in [0.1, 0.15) is 11.5 Å². The lowest BCUT2D eigenvalue weighted by atomic mass is 10.0. The molecule has 0 bridgehead atoms. The normalized spacial score (nSPS) is 15.4. The summed E-state index contributed by atoms with van der Waals surface area (Å²) in [5.74, 6) is 0.881. The highest BCUT2D eigenvalue weighted by molar-refractivity contribution is 6.35. The molecule has 1 saturated heterocycles. The Morgan fingerprint density at radius 3 is 2.50 bits per heavy atom. The first-order valence-corrected chi connectivity index (χ1v) is 8.57. The predicted molar refractivity (Wildman–Crippen MR) is 96.1 cm³/mol. The van der Waals surface area contributed by atoms with Gasteiger partial charge in [-0.05, 0) is 43.2 Å². The number of nitrogens with zero attached hydrogens (tertiary/aromatic N) is 1. The molecule has 0 aromatic heterocycles. The van der Waals surface area contributed by atoms with Crippen LogP contribution in [0.1, 0.15) is 23.2 Å². The summed E-state index contributed by atoms with van der Waals surface area (Å²) < 4.78 is 5.87. The first-order chi connectivity index (χ1) is 11.5. The van der Waals surface area contributed by atoms with E-state index in [2.05, 4.69) is 0 Å². The van der Waals surface area contributed by atoms with Crippen LogP contribution in [0.15, 0.2) is 42.5 Å². The molecule has 3 rings (SSSR count). The Hall–Kier alpha value is -1.75. The topological polar surface area (TPSA) is 55.6 Å². The highest BCUT2D eigenvalue weighted by atomic mass is 35.5. The van der Waals surface area contributed by atoms with Gasteiger partial charge in [-0.15, -0.1) is 0 Å². The molecule has 2 N–H and O–H groups in total. The van der Waals surface area contributed by atoms with Crippen molar-refractivity contribution in [3.05, 3.63) is 58.1 Å². The number of ether oxygens (including phenoxy) is 1. The van der Waals surface area contributed by atoms with E-state index < -0.39 is 0 Å².